The molecule has 0 saturated carbocycles. The van der Waals surface area contributed by atoms with E-state index in [-0.39, 0.29) is 0 Å². The van der Waals surface area contributed by atoms with E-state index in [2.05, 4.69) is 35.4 Å². The SMILES string of the molecule is CCNC(CC)c1nnc(-c2cc3c(s2)CCC3)s1. The molecule has 1 unspecified atom stereocenters. The molecule has 0 radical (unpaired) electrons. The van der Waals surface area contributed by atoms with Crippen molar-refractivity contribution in [3.05, 3.63) is 21.5 Å². The largest absolute Gasteiger partial charge is 0.308 e. The molecule has 1 aliphatic rings. The highest BCUT2D eigenvalue weighted by molar-refractivity contribution is 7.21. The topological polar surface area (TPSA) is 37.8 Å². The molecule has 102 valence electrons. The number of nitrogens with zero attached hydrogens (tertiary/aromatic N) is 2. The van der Waals surface area contributed by atoms with Gasteiger partial charge in [0.1, 0.15) is 5.01 Å². The summed E-state index contributed by atoms with van der Waals surface area (Å²) in [6.07, 6.45) is 4.87. The average Bonchev–Trinajstić information content (AvgIpc) is 3.08. The molecule has 1 N–H and O–H groups in total. The summed E-state index contributed by atoms with van der Waals surface area (Å²) in [5.41, 5.74) is 1.54. The smallest absolute Gasteiger partial charge is 0.157 e. The molecule has 5 heteroatoms. The van der Waals surface area contributed by atoms with Crippen LogP contribution in [0.25, 0.3) is 9.88 Å². The summed E-state index contributed by atoms with van der Waals surface area (Å²) < 4.78 is 0. The predicted octanol–water partition coefficient (Wildman–Crippen LogP) is 3.82. The van der Waals surface area contributed by atoms with Gasteiger partial charge in [-0.2, -0.15) is 0 Å². The van der Waals surface area contributed by atoms with Crippen molar-refractivity contribution in [2.75, 3.05) is 6.54 Å². The lowest BCUT2D eigenvalue weighted by molar-refractivity contribution is 0.531. The second kappa shape index (κ2) is 5.69. The molecule has 0 bridgehead atoms. The van der Waals surface area contributed by atoms with Gasteiger partial charge in [-0.25, -0.2) is 0 Å². The highest BCUT2D eigenvalue weighted by atomic mass is 32.1. The molecule has 0 fully saturated rings. The highest BCUT2D eigenvalue weighted by Gasteiger charge is 2.19. The van der Waals surface area contributed by atoms with Gasteiger partial charge in [0.05, 0.1) is 10.9 Å². The number of rotatable bonds is 5. The minimum atomic E-state index is 0.350. The molecule has 1 aliphatic carbocycles. The molecule has 0 spiro atoms. The van der Waals surface area contributed by atoms with Crippen LogP contribution < -0.4 is 5.32 Å². The molecule has 1 atom stereocenters. The van der Waals surface area contributed by atoms with Gasteiger partial charge in [-0.3, -0.25) is 0 Å². The average molecular weight is 293 g/mol. The van der Waals surface area contributed by atoms with E-state index in [4.69, 9.17) is 0 Å². The molecule has 0 aromatic carbocycles. The van der Waals surface area contributed by atoms with Crippen molar-refractivity contribution in [2.45, 2.75) is 45.6 Å². The van der Waals surface area contributed by atoms with Gasteiger partial charge in [0.2, 0.25) is 0 Å². The molecule has 19 heavy (non-hydrogen) atoms. The first kappa shape index (κ1) is 13.2. The molecule has 3 rings (SSSR count). The Kier molecular flexibility index (Phi) is 3.96. The van der Waals surface area contributed by atoms with Crippen molar-refractivity contribution in [2.24, 2.45) is 0 Å². The van der Waals surface area contributed by atoms with Crippen molar-refractivity contribution in [1.82, 2.24) is 15.5 Å². The lowest BCUT2D eigenvalue weighted by atomic mass is 10.2. The standard InChI is InChI=1S/C14H19N3S2/c1-3-10(15-4-2)13-16-17-14(19-13)12-8-9-6-5-7-11(9)18-12/h8,10,15H,3-7H2,1-2H3. The van der Waals surface area contributed by atoms with E-state index in [1.165, 1.54) is 29.7 Å². The van der Waals surface area contributed by atoms with Crippen LogP contribution in [0.2, 0.25) is 0 Å². The van der Waals surface area contributed by atoms with E-state index in [0.717, 1.165) is 23.0 Å². The van der Waals surface area contributed by atoms with E-state index < -0.39 is 0 Å². The zero-order valence-electron chi connectivity index (χ0n) is 11.4. The number of hydrogen-bond donors (Lipinski definition) is 1. The Morgan fingerprint density at radius 3 is 2.89 bits per heavy atom. The predicted molar refractivity (Wildman–Crippen MR) is 82.0 cm³/mol. The van der Waals surface area contributed by atoms with Gasteiger partial charge >= 0.3 is 0 Å². The second-order valence-corrected chi connectivity index (χ2v) is 7.02. The molecule has 0 aliphatic heterocycles. The number of fused-ring (bicyclic) bond motifs is 1. The first-order valence-corrected chi connectivity index (χ1v) is 8.63. The van der Waals surface area contributed by atoms with Crippen LogP contribution in [-0.4, -0.2) is 16.7 Å². The summed E-state index contributed by atoms with van der Waals surface area (Å²) in [5, 5.41) is 14.4. The van der Waals surface area contributed by atoms with Crippen LogP contribution >= 0.6 is 22.7 Å². The Hall–Kier alpha value is -0.780. The Morgan fingerprint density at radius 1 is 1.26 bits per heavy atom. The maximum absolute atomic E-state index is 4.39. The van der Waals surface area contributed by atoms with Gasteiger partial charge in [-0.15, -0.1) is 21.5 Å². The quantitative estimate of drug-likeness (QED) is 0.910. The van der Waals surface area contributed by atoms with E-state index in [1.54, 1.807) is 16.2 Å². The van der Waals surface area contributed by atoms with Gasteiger partial charge in [0.25, 0.3) is 0 Å². The van der Waals surface area contributed by atoms with E-state index in [1.807, 2.05) is 11.3 Å². The van der Waals surface area contributed by atoms with Crippen LogP contribution in [0.3, 0.4) is 0 Å². The zero-order valence-corrected chi connectivity index (χ0v) is 13.0. The highest BCUT2D eigenvalue weighted by Crippen LogP contribution is 2.38. The first-order valence-electron chi connectivity index (χ1n) is 7.00. The van der Waals surface area contributed by atoms with Crippen LogP contribution in [0.4, 0.5) is 0 Å². The maximum Gasteiger partial charge on any atom is 0.157 e. The van der Waals surface area contributed by atoms with Crippen molar-refractivity contribution >= 4 is 22.7 Å². The van der Waals surface area contributed by atoms with Crippen LogP contribution in [0, 0.1) is 0 Å². The third-order valence-electron chi connectivity index (χ3n) is 3.55. The van der Waals surface area contributed by atoms with Crippen molar-refractivity contribution in [3.63, 3.8) is 0 Å². The maximum atomic E-state index is 4.39. The second-order valence-electron chi connectivity index (χ2n) is 4.88. The summed E-state index contributed by atoms with van der Waals surface area (Å²) in [6.45, 7) is 5.29. The molecule has 0 amide bonds. The van der Waals surface area contributed by atoms with Crippen LogP contribution in [0.1, 0.15) is 48.2 Å². The lowest BCUT2D eigenvalue weighted by Crippen LogP contribution is -2.19. The van der Waals surface area contributed by atoms with Crippen molar-refractivity contribution in [3.8, 4) is 9.88 Å². The van der Waals surface area contributed by atoms with E-state index in [0.29, 0.717) is 6.04 Å². The Labute approximate surface area is 122 Å². The first-order chi connectivity index (χ1) is 9.31. The summed E-state index contributed by atoms with van der Waals surface area (Å²) in [5.74, 6) is 0. The minimum absolute atomic E-state index is 0.350. The summed E-state index contributed by atoms with van der Waals surface area (Å²) in [4.78, 5) is 2.87. The van der Waals surface area contributed by atoms with Gasteiger partial charge in [0.15, 0.2) is 5.01 Å². The van der Waals surface area contributed by atoms with Crippen LogP contribution in [0.15, 0.2) is 6.07 Å². The molecule has 3 nitrogen and oxygen atoms in total. The minimum Gasteiger partial charge on any atom is -0.308 e. The summed E-state index contributed by atoms with van der Waals surface area (Å²) >= 11 is 3.65. The fourth-order valence-electron chi connectivity index (χ4n) is 2.56. The number of aromatic nitrogens is 2. The van der Waals surface area contributed by atoms with Gasteiger partial charge in [-0.1, -0.05) is 25.2 Å². The molecular weight excluding hydrogens is 274 g/mol. The zero-order chi connectivity index (χ0) is 13.2. The molecule has 0 saturated heterocycles. The van der Waals surface area contributed by atoms with E-state index >= 15 is 0 Å². The number of aryl methyl sites for hydroxylation is 2. The van der Waals surface area contributed by atoms with Crippen LogP contribution in [-0.2, 0) is 12.8 Å². The molecule has 2 heterocycles. The molecule has 2 aromatic heterocycles. The summed E-state index contributed by atoms with van der Waals surface area (Å²) in [6, 6.07) is 2.67. The number of hydrogen-bond acceptors (Lipinski definition) is 5. The number of nitrogens with one attached hydrogen (secondary N) is 1. The number of thiophene rings is 1. The third kappa shape index (κ3) is 2.59. The van der Waals surface area contributed by atoms with Crippen molar-refractivity contribution < 1.29 is 0 Å². The monoisotopic (exact) mass is 293 g/mol. The van der Waals surface area contributed by atoms with Gasteiger partial charge in [0, 0.05) is 4.88 Å². The fourth-order valence-corrected chi connectivity index (χ4v) is 4.86. The fraction of sp³-hybridized carbons (Fsp3) is 0.571. The van der Waals surface area contributed by atoms with Crippen molar-refractivity contribution in [1.29, 1.82) is 0 Å². The Bertz CT molecular complexity index is 537. The Balaban J connectivity index is 1.83. The normalized spacial score (nSPS) is 15.7. The van der Waals surface area contributed by atoms with E-state index in [9.17, 15) is 0 Å². The summed E-state index contributed by atoms with van der Waals surface area (Å²) in [7, 11) is 0. The molecule has 2 aromatic rings. The van der Waals surface area contributed by atoms with Crippen LogP contribution in [0.5, 0.6) is 0 Å². The lowest BCUT2D eigenvalue weighted by Gasteiger charge is -2.10. The molecular formula is C14H19N3S2. The van der Waals surface area contributed by atoms with Gasteiger partial charge in [-0.05, 0) is 43.9 Å². The van der Waals surface area contributed by atoms with Gasteiger partial charge < -0.3 is 5.32 Å². The Morgan fingerprint density at radius 2 is 2.16 bits per heavy atom. The third-order valence-corrected chi connectivity index (χ3v) is 6.00.